The van der Waals surface area contributed by atoms with E-state index in [4.69, 9.17) is 4.74 Å². The van der Waals surface area contributed by atoms with E-state index in [1.54, 1.807) is 0 Å². The van der Waals surface area contributed by atoms with E-state index in [9.17, 15) is 8.78 Å². The Kier molecular flexibility index (Phi) is 4.21. The van der Waals surface area contributed by atoms with Crippen molar-refractivity contribution in [2.75, 3.05) is 20.2 Å². The minimum absolute atomic E-state index is 0. The first-order valence-electron chi connectivity index (χ1n) is 3.25. The predicted molar refractivity (Wildman–Crippen MR) is 40.5 cm³/mol. The summed E-state index contributed by atoms with van der Waals surface area (Å²) >= 11 is 0. The highest BCUT2D eigenvalue weighted by Gasteiger charge is 2.42. The van der Waals surface area contributed by atoms with Gasteiger partial charge in [0.2, 0.25) is 0 Å². The quantitative estimate of drug-likeness (QED) is 0.698. The lowest BCUT2D eigenvalue weighted by Crippen LogP contribution is -2.41. The lowest BCUT2D eigenvalue weighted by atomic mass is 10.0. The molecule has 0 aliphatic carbocycles. The van der Waals surface area contributed by atoms with Gasteiger partial charge in [-0.25, -0.2) is 8.78 Å². The van der Waals surface area contributed by atoms with Gasteiger partial charge < -0.3 is 10.1 Å². The third-order valence-corrected chi connectivity index (χ3v) is 1.95. The summed E-state index contributed by atoms with van der Waals surface area (Å²) in [6, 6.07) is 0. The third-order valence-electron chi connectivity index (χ3n) is 1.95. The van der Waals surface area contributed by atoms with E-state index in [0.717, 1.165) is 0 Å². The Bertz CT molecular complexity index is 117. The van der Waals surface area contributed by atoms with Gasteiger partial charge >= 0.3 is 0 Å². The molecule has 1 atom stereocenters. The summed E-state index contributed by atoms with van der Waals surface area (Å²) < 4.78 is 29.2. The van der Waals surface area contributed by atoms with Crippen molar-refractivity contribution < 1.29 is 13.5 Å². The number of alkyl halides is 2. The summed E-state index contributed by atoms with van der Waals surface area (Å²) in [7, 11) is 1.33. The monoisotopic (exact) mass is 187 g/mol. The van der Waals surface area contributed by atoms with Gasteiger partial charge in [0.05, 0.1) is 0 Å². The normalized spacial score (nSPS) is 30.5. The number of hydrogen-bond donors (Lipinski definition) is 1. The average molecular weight is 188 g/mol. The first kappa shape index (κ1) is 11.1. The highest BCUT2D eigenvalue weighted by molar-refractivity contribution is 5.85. The van der Waals surface area contributed by atoms with E-state index < -0.39 is 12.0 Å². The molecule has 1 N–H and O–H groups in total. The van der Waals surface area contributed by atoms with Crippen molar-refractivity contribution in [3.05, 3.63) is 0 Å². The lowest BCUT2D eigenvalue weighted by Gasteiger charge is -2.24. The summed E-state index contributed by atoms with van der Waals surface area (Å²) in [5, 5.41) is 2.84. The molecular weight excluding hydrogens is 176 g/mol. The Hall–Kier alpha value is 0.0700. The first-order valence-corrected chi connectivity index (χ1v) is 3.25. The molecule has 1 aliphatic rings. The van der Waals surface area contributed by atoms with Gasteiger partial charge in [-0.2, -0.15) is 0 Å². The molecular formula is C6H12ClF2NO. The molecule has 0 aromatic rings. The van der Waals surface area contributed by atoms with Crippen LogP contribution in [0.3, 0.4) is 0 Å². The molecule has 1 aliphatic heterocycles. The topological polar surface area (TPSA) is 21.3 Å². The van der Waals surface area contributed by atoms with Crippen LogP contribution >= 0.6 is 12.4 Å². The molecule has 0 radical (unpaired) electrons. The zero-order valence-electron chi connectivity index (χ0n) is 6.27. The van der Waals surface area contributed by atoms with Gasteiger partial charge in [-0.15, -0.1) is 12.4 Å². The molecule has 68 valence electrons. The molecule has 1 rings (SSSR count). The molecule has 1 fully saturated rings. The highest BCUT2D eigenvalue weighted by atomic mass is 35.5. The summed E-state index contributed by atoms with van der Waals surface area (Å²) in [4.78, 5) is 0. The SMILES string of the molecule is COC1(C(F)F)CCNC1.Cl. The Labute approximate surface area is 70.7 Å². The van der Waals surface area contributed by atoms with E-state index in [1.807, 2.05) is 0 Å². The van der Waals surface area contributed by atoms with Crippen molar-refractivity contribution in [2.24, 2.45) is 0 Å². The van der Waals surface area contributed by atoms with Crippen LogP contribution < -0.4 is 5.32 Å². The molecule has 1 saturated heterocycles. The molecule has 0 bridgehead atoms. The first-order chi connectivity index (χ1) is 4.71. The minimum Gasteiger partial charge on any atom is -0.371 e. The molecule has 0 spiro atoms. The van der Waals surface area contributed by atoms with E-state index in [2.05, 4.69) is 5.32 Å². The summed E-state index contributed by atoms with van der Waals surface area (Å²) in [5.41, 5.74) is -1.21. The Morgan fingerprint density at radius 3 is 2.36 bits per heavy atom. The number of nitrogens with one attached hydrogen (secondary N) is 1. The van der Waals surface area contributed by atoms with Gasteiger partial charge in [0.15, 0.2) is 0 Å². The fourth-order valence-electron chi connectivity index (χ4n) is 1.14. The molecule has 1 heterocycles. The van der Waals surface area contributed by atoms with Crippen LogP contribution in [0.4, 0.5) is 8.78 Å². The van der Waals surface area contributed by atoms with Gasteiger partial charge in [-0.3, -0.25) is 0 Å². The van der Waals surface area contributed by atoms with Crippen molar-refractivity contribution in [3.8, 4) is 0 Å². The fourth-order valence-corrected chi connectivity index (χ4v) is 1.14. The van der Waals surface area contributed by atoms with Crippen LogP contribution in [-0.2, 0) is 4.74 Å². The molecule has 0 amide bonds. The van der Waals surface area contributed by atoms with Crippen molar-refractivity contribution in [3.63, 3.8) is 0 Å². The molecule has 5 heteroatoms. The number of ether oxygens (including phenoxy) is 1. The van der Waals surface area contributed by atoms with Crippen molar-refractivity contribution in [2.45, 2.75) is 18.4 Å². The van der Waals surface area contributed by atoms with Crippen molar-refractivity contribution in [1.82, 2.24) is 5.32 Å². The van der Waals surface area contributed by atoms with Crippen molar-refractivity contribution in [1.29, 1.82) is 0 Å². The largest absolute Gasteiger partial charge is 0.371 e. The second-order valence-corrected chi connectivity index (χ2v) is 2.50. The van der Waals surface area contributed by atoms with E-state index >= 15 is 0 Å². The smallest absolute Gasteiger partial charge is 0.268 e. The van der Waals surface area contributed by atoms with E-state index in [0.29, 0.717) is 13.0 Å². The molecule has 2 nitrogen and oxygen atoms in total. The summed E-state index contributed by atoms with van der Waals surface area (Å²) in [6.45, 7) is 0.888. The van der Waals surface area contributed by atoms with Gasteiger partial charge in [-0.05, 0) is 13.0 Å². The van der Waals surface area contributed by atoms with Gasteiger partial charge in [-0.1, -0.05) is 0 Å². The number of rotatable bonds is 2. The van der Waals surface area contributed by atoms with Gasteiger partial charge in [0.25, 0.3) is 6.43 Å². The standard InChI is InChI=1S/C6H11F2NO.ClH/c1-10-6(5(7)8)2-3-9-4-6;/h5,9H,2-4H2,1H3;1H. The van der Waals surface area contributed by atoms with Gasteiger partial charge in [0, 0.05) is 13.7 Å². The minimum atomic E-state index is -2.38. The van der Waals surface area contributed by atoms with Crippen LogP contribution in [0.2, 0.25) is 0 Å². The Morgan fingerprint density at radius 1 is 1.55 bits per heavy atom. The number of methoxy groups -OCH3 is 1. The summed E-state index contributed by atoms with van der Waals surface area (Å²) in [6.07, 6.45) is -1.98. The second kappa shape index (κ2) is 4.18. The van der Waals surface area contributed by atoms with Crippen LogP contribution in [0.1, 0.15) is 6.42 Å². The van der Waals surface area contributed by atoms with E-state index in [-0.39, 0.29) is 19.0 Å². The molecule has 0 aromatic carbocycles. The maximum Gasteiger partial charge on any atom is 0.268 e. The maximum absolute atomic E-state index is 12.2. The van der Waals surface area contributed by atoms with Crippen LogP contribution in [-0.4, -0.2) is 32.2 Å². The van der Waals surface area contributed by atoms with Crippen LogP contribution in [0, 0.1) is 0 Å². The second-order valence-electron chi connectivity index (χ2n) is 2.50. The van der Waals surface area contributed by atoms with E-state index in [1.165, 1.54) is 7.11 Å². The molecule has 11 heavy (non-hydrogen) atoms. The van der Waals surface area contributed by atoms with Crippen molar-refractivity contribution >= 4 is 12.4 Å². The molecule has 0 aromatic heterocycles. The van der Waals surface area contributed by atoms with Crippen LogP contribution in [0.15, 0.2) is 0 Å². The predicted octanol–water partition coefficient (Wildman–Crippen LogP) is 1.05. The average Bonchev–Trinajstić information content (AvgIpc) is 2.35. The highest BCUT2D eigenvalue weighted by Crippen LogP contribution is 2.26. The zero-order chi connectivity index (χ0) is 7.61. The van der Waals surface area contributed by atoms with Crippen LogP contribution in [0.25, 0.3) is 0 Å². The molecule has 0 saturated carbocycles. The maximum atomic E-state index is 12.2. The zero-order valence-corrected chi connectivity index (χ0v) is 7.09. The van der Waals surface area contributed by atoms with Gasteiger partial charge in [0.1, 0.15) is 5.60 Å². The lowest BCUT2D eigenvalue weighted by molar-refractivity contribution is -0.107. The summed E-state index contributed by atoms with van der Waals surface area (Å²) in [5.74, 6) is 0. The Morgan fingerprint density at radius 2 is 2.18 bits per heavy atom. The fraction of sp³-hybridized carbons (Fsp3) is 1.00. The van der Waals surface area contributed by atoms with Crippen LogP contribution in [0.5, 0.6) is 0 Å². The Balaban J connectivity index is 0.000001000. The third kappa shape index (κ3) is 2.01. The number of halogens is 3. The molecule has 1 unspecified atom stereocenters. The number of hydrogen-bond acceptors (Lipinski definition) is 2.